The van der Waals surface area contributed by atoms with Crippen LogP contribution in [0.5, 0.6) is 0 Å². The lowest BCUT2D eigenvalue weighted by Gasteiger charge is -2.15. The number of nitrogens with zero attached hydrogens (tertiary/aromatic N) is 2. The summed E-state index contributed by atoms with van der Waals surface area (Å²) in [6, 6.07) is 9.17. The Balaban J connectivity index is 1.61. The Morgan fingerprint density at radius 2 is 2.14 bits per heavy atom. The van der Waals surface area contributed by atoms with Crippen molar-refractivity contribution in [1.82, 2.24) is 5.16 Å². The molecule has 1 aromatic carbocycles. The minimum atomic E-state index is -0.154. The van der Waals surface area contributed by atoms with Crippen molar-refractivity contribution >= 4 is 23.3 Å². The monoisotopic (exact) mass is 299 g/mol. The normalized spacial score (nSPS) is 14.4. The molecule has 1 aromatic heterocycles. The number of anilines is 2. The molecule has 3 rings (SSSR count). The van der Waals surface area contributed by atoms with Gasteiger partial charge in [0.25, 0.3) is 0 Å². The van der Waals surface area contributed by atoms with Crippen LogP contribution in [0.4, 0.5) is 11.5 Å². The molecule has 1 N–H and O–H groups in total. The van der Waals surface area contributed by atoms with Crippen LogP contribution in [0.1, 0.15) is 24.2 Å². The van der Waals surface area contributed by atoms with E-state index in [0.29, 0.717) is 18.0 Å². The highest BCUT2D eigenvalue weighted by molar-refractivity contribution is 5.95. The summed E-state index contributed by atoms with van der Waals surface area (Å²) in [4.78, 5) is 25.4. The van der Waals surface area contributed by atoms with Gasteiger partial charge in [-0.2, -0.15) is 0 Å². The number of rotatable bonds is 4. The van der Waals surface area contributed by atoms with E-state index >= 15 is 0 Å². The highest BCUT2D eigenvalue weighted by Gasteiger charge is 2.21. The lowest BCUT2D eigenvalue weighted by molar-refractivity contribution is -0.117. The first-order valence-corrected chi connectivity index (χ1v) is 7.24. The van der Waals surface area contributed by atoms with Crippen LogP contribution >= 0.6 is 0 Å². The molecule has 0 radical (unpaired) electrons. The zero-order valence-electron chi connectivity index (χ0n) is 12.3. The van der Waals surface area contributed by atoms with Crippen LogP contribution in [0.2, 0.25) is 0 Å². The third-order valence-electron chi connectivity index (χ3n) is 3.58. The van der Waals surface area contributed by atoms with Gasteiger partial charge in [0.15, 0.2) is 5.82 Å². The van der Waals surface area contributed by atoms with Crippen molar-refractivity contribution in [2.75, 3.05) is 16.8 Å². The minimum Gasteiger partial charge on any atom is -0.360 e. The maximum atomic E-state index is 11.9. The number of nitrogens with one attached hydrogen (secondary N) is 1. The molecule has 0 saturated carbocycles. The first-order valence-electron chi connectivity index (χ1n) is 7.24. The maximum Gasteiger partial charge on any atom is 0.230 e. The molecule has 6 nitrogen and oxygen atoms in total. The minimum absolute atomic E-state index is 0.154. The molecule has 0 spiro atoms. The van der Waals surface area contributed by atoms with Crippen molar-refractivity contribution in [1.29, 1.82) is 0 Å². The molecule has 1 fully saturated rings. The topological polar surface area (TPSA) is 75.4 Å². The second-order valence-electron chi connectivity index (χ2n) is 5.36. The van der Waals surface area contributed by atoms with E-state index in [0.717, 1.165) is 24.2 Å². The predicted molar refractivity (Wildman–Crippen MR) is 81.6 cm³/mol. The molecular weight excluding hydrogens is 282 g/mol. The average molecular weight is 299 g/mol. The Bertz CT molecular complexity index is 691. The van der Waals surface area contributed by atoms with Crippen molar-refractivity contribution in [2.24, 2.45) is 0 Å². The van der Waals surface area contributed by atoms with E-state index in [-0.39, 0.29) is 18.2 Å². The molecule has 2 heterocycles. The van der Waals surface area contributed by atoms with Gasteiger partial charge >= 0.3 is 0 Å². The van der Waals surface area contributed by atoms with Gasteiger partial charge < -0.3 is 14.7 Å². The SMILES string of the molecule is Cc1cc(NC(=O)Cc2ccc(N3CCCC3=O)cc2)no1. The van der Waals surface area contributed by atoms with Crippen LogP contribution in [0.3, 0.4) is 0 Å². The number of aryl methyl sites for hydroxylation is 1. The van der Waals surface area contributed by atoms with E-state index in [4.69, 9.17) is 4.52 Å². The van der Waals surface area contributed by atoms with Crippen LogP contribution in [0, 0.1) is 6.92 Å². The predicted octanol–water partition coefficient (Wildman–Crippen LogP) is 2.29. The van der Waals surface area contributed by atoms with Crippen LogP contribution in [-0.2, 0) is 16.0 Å². The summed E-state index contributed by atoms with van der Waals surface area (Å²) >= 11 is 0. The summed E-state index contributed by atoms with van der Waals surface area (Å²) in [6.45, 7) is 2.53. The van der Waals surface area contributed by atoms with E-state index < -0.39 is 0 Å². The number of carbonyl (C=O) groups excluding carboxylic acids is 2. The molecule has 2 amide bonds. The fourth-order valence-electron chi connectivity index (χ4n) is 2.51. The second kappa shape index (κ2) is 6.01. The number of hydrogen-bond donors (Lipinski definition) is 1. The van der Waals surface area contributed by atoms with Gasteiger partial charge in [0.05, 0.1) is 6.42 Å². The molecule has 1 aliphatic rings. The smallest absolute Gasteiger partial charge is 0.230 e. The van der Waals surface area contributed by atoms with Crippen LogP contribution in [0.25, 0.3) is 0 Å². The van der Waals surface area contributed by atoms with Gasteiger partial charge in [-0.1, -0.05) is 17.3 Å². The number of aromatic nitrogens is 1. The van der Waals surface area contributed by atoms with E-state index in [2.05, 4.69) is 10.5 Å². The zero-order valence-corrected chi connectivity index (χ0v) is 12.3. The molecule has 22 heavy (non-hydrogen) atoms. The van der Waals surface area contributed by atoms with Crippen molar-refractivity contribution < 1.29 is 14.1 Å². The molecule has 1 saturated heterocycles. The molecule has 0 unspecified atom stereocenters. The van der Waals surface area contributed by atoms with Crippen molar-refractivity contribution in [3.05, 3.63) is 41.7 Å². The van der Waals surface area contributed by atoms with Crippen molar-refractivity contribution in [3.8, 4) is 0 Å². The Labute approximate surface area is 128 Å². The number of hydrogen-bond acceptors (Lipinski definition) is 4. The average Bonchev–Trinajstić information content (AvgIpc) is 3.08. The van der Waals surface area contributed by atoms with Gasteiger partial charge in [-0.25, -0.2) is 0 Å². The Morgan fingerprint density at radius 3 is 2.73 bits per heavy atom. The Morgan fingerprint density at radius 1 is 1.36 bits per heavy atom. The van der Waals surface area contributed by atoms with Crippen molar-refractivity contribution in [3.63, 3.8) is 0 Å². The summed E-state index contributed by atoms with van der Waals surface area (Å²) in [6.07, 6.45) is 1.77. The van der Waals surface area contributed by atoms with Crippen molar-refractivity contribution in [2.45, 2.75) is 26.2 Å². The molecule has 1 aliphatic heterocycles. The zero-order chi connectivity index (χ0) is 15.5. The van der Waals surface area contributed by atoms with Gasteiger partial charge in [-0.15, -0.1) is 0 Å². The van der Waals surface area contributed by atoms with E-state index in [1.54, 1.807) is 17.9 Å². The number of benzene rings is 1. The third-order valence-corrected chi connectivity index (χ3v) is 3.58. The Hall–Kier alpha value is -2.63. The van der Waals surface area contributed by atoms with Gasteiger partial charge in [0.2, 0.25) is 11.8 Å². The molecule has 114 valence electrons. The first kappa shape index (κ1) is 14.3. The standard InChI is InChI=1S/C16H17N3O3/c1-11-9-14(18-22-11)17-15(20)10-12-4-6-13(7-5-12)19-8-2-3-16(19)21/h4-7,9H,2-3,8,10H2,1H3,(H,17,18,20). The molecule has 0 atom stereocenters. The molecule has 0 bridgehead atoms. The van der Waals surface area contributed by atoms with Crippen LogP contribution < -0.4 is 10.2 Å². The van der Waals surface area contributed by atoms with Crippen LogP contribution in [0.15, 0.2) is 34.9 Å². The first-order chi connectivity index (χ1) is 10.6. The third kappa shape index (κ3) is 3.16. The molecule has 6 heteroatoms. The van der Waals surface area contributed by atoms with E-state index in [1.165, 1.54) is 0 Å². The highest BCUT2D eigenvalue weighted by Crippen LogP contribution is 2.21. The fraction of sp³-hybridized carbons (Fsp3) is 0.312. The summed E-state index contributed by atoms with van der Waals surface area (Å²) in [5.41, 5.74) is 1.77. The van der Waals surface area contributed by atoms with Crippen LogP contribution in [-0.4, -0.2) is 23.5 Å². The lowest BCUT2D eigenvalue weighted by Crippen LogP contribution is -2.23. The quantitative estimate of drug-likeness (QED) is 0.940. The Kier molecular flexibility index (Phi) is 3.91. The lowest BCUT2D eigenvalue weighted by atomic mass is 10.1. The molecular formula is C16H17N3O3. The van der Waals surface area contributed by atoms with Gasteiger partial charge in [-0.3, -0.25) is 9.59 Å². The fourth-order valence-corrected chi connectivity index (χ4v) is 2.51. The summed E-state index contributed by atoms with van der Waals surface area (Å²) in [5, 5.41) is 6.40. The summed E-state index contributed by atoms with van der Waals surface area (Å²) < 4.78 is 4.90. The largest absolute Gasteiger partial charge is 0.360 e. The molecule has 2 aromatic rings. The number of amides is 2. The highest BCUT2D eigenvalue weighted by atomic mass is 16.5. The van der Waals surface area contributed by atoms with Gasteiger partial charge in [0, 0.05) is 24.7 Å². The second-order valence-corrected chi connectivity index (χ2v) is 5.36. The number of carbonyl (C=O) groups is 2. The van der Waals surface area contributed by atoms with E-state index in [9.17, 15) is 9.59 Å². The van der Waals surface area contributed by atoms with E-state index in [1.807, 2.05) is 24.3 Å². The maximum absolute atomic E-state index is 11.9. The summed E-state index contributed by atoms with van der Waals surface area (Å²) in [5.74, 6) is 1.07. The summed E-state index contributed by atoms with van der Waals surface area (Å²) in [7, 11) is 0. The molecule has 0 aliphatic carbocycles. The van der Waals surface area contributed by atoms with Gasteiger partial charge in [-0.05, 0) is 31.0 Å². The van der Waals surface area contributed by atoms with Gasteiger partial charge in [0.1, 0.15) is 5.76 Å².